The molecular weight excluding hydrogens is 501 g/mol. The van der Waals surface area contributed by atoms with Crippen molar-refractivity contribution in [2.75, 3.05) is 52.9 Å². The highest BCUT2D eigenvalue weighted by molar-refractivity contribution is 14.0. The molecular formula is C23H44IN7. The summed E-state index contributed by atoms with van der Waals surface area (Å²) < 4.78 is 2.10. The third-order valence-electron chi connectivity index (χ3n) is 6.76. The topological polar surface area (TPSA) is 60.7 Å². The van der Waals surface area contributed by atoms with Gasteiger partial charge in [-0.2, -0.15) is 5.10 Å². The largest absolute Gasteiger partial charge is 0.357 e. The van der Waals surface area contributed by atoms with Crippen molar-refractivity contribution in [1.82, 2.24) is 30.2 Å². The Morgan fingerprint density at radius 2 is 1.81 bits per heavy atom. The molecule has 1 aromatic rings. The highest BCUT2D eigenvalue weighted by Crippen LogP contribution is 2.31. The van der Waals surface area contributed by atoms with Gasteiger partial charge in [-0.15, -0.1) is 24.0 Å². The van der Waals surface area contributed by atoms with E-state index in [1.807, 2.05) is 0 Å². The molecule has 0 aromatic carbocycles. The van der Waals surface area contributed by atoms with E-state index >= 15 is 0 Å². The van der Waals surface area contributed by atoms with E-state index in [4.69, 9.17) is 4.99 Å². The van der Waals surface area contributed by atoms with Gasteiger partial charge < -0.3 is 15.5 Å². The SMILES string of the molecule is CCNC(=NCC1(N2CCCCC2)CCN(C)CC1)NCCCn1nc(C)cc1C.I. The molecule has 2 aliphatic rings. The predicted octanol–water partition coefficient (Wildman–Crippen LogP) is 3.01. The lowest BCUT2D eigenvalue weighted by Gasteiger charge is -2.49. The number of piperidine rings is 2. The Balaban J connectivity index is 0.00000341. The maximum Gasteiger partial charge on any atom is 0.191 e. The second-order valence-corrected chi connectivity index (χ2v) is 9.20. The highest BCUT2D eigenvalue weighted by Gasteiger charge is 2.39. The first-order valence-electron chi connectivity index (χ1n) is 12.0. The fourth-order valence-electron chi connectivity index (χ4n) is 4.88. The van der Waals surface area contributed by atoms with E-state index in [9.17, 15) is 0 Å². The fraction of sp³-hybridized carbons (Fsp3) is 0.826. The zero-order valence-electron chi connectivity index (χ0n) is 20.1. The molecule has 8 heteroatoms. The molecule has 2 aliphatic heterocycles. The van der Waals surface area contributed by atoms with Crippen LogP contribution in [0.4, 0.5) is 0 Å². The zero-order valence-corrected chi connectivity index (χ0v) is 22.5. The van der Waals surface area contributed by atoms with Gasteiger partial charge >= 0.3 is 0 Å². The average Bonchev–Trinajstić information content (AvgIpc) is 3.08. The van der Waals surface area contributed by atoms with Crippen molar-refractivity contribution in [3.63, 3.8) is 0 Å². The Kier molecular flexibility index (Phi) is 11.1. The van der Waals surface area contributed by atoms with E-state index < -0.39 is 0 Å². The summed E-state index contributed by atoms with van der Waals surface area (Å²) in [6.45, 7) is 14.8. The van der Waals surface area contributed by atoms with Crippen LogP contribution in [-0.2, 0) is 6.54 Å². The van der Waals surface area contributed by atoms with E-state index in [0.29, 0.717) is 0 Å². The molecule has 0 radical (unpaired) electrons. The van der Waals surface area contributed by atoms with Crippen LogP contribution in [0.25, 0.3) is 0 Å². The van der Waals surface area contributed by atoms with Gasteiger partial charge in [-0.1, -0.05) is 6.42 Å². The van der Waals surface area contributed by atoms with Crippen molar-refractivity contribution in [2.24, 2.45) is 4.99 Å². The molecule has 1 aromatic heterocycles. The number of likely N-dealkylation sites (tertiary alicyclic amines) is 2. The highest BCUT2D eigenvalue weighted by atomic mass is 127. The third-order valence-corrected chi connectivity index (χ3v) is 6.76. The lowest BCUT2D eigenvalue weighted by atomic mass is 9.84. The quantitative estimate of drug-likeness (QED) is 0.228. The molecule has 178 valence electrons. The number of halogens is 1. The normalized spacial score (nSPS) is 20.3. The van der Waals surface area contributed by atoms with Crippen LogP contribution in [0, 0.1) is 13.8 Å². The smallest absolute Gasteiger partial charge is 0.191 e. The number of nitrogens with zero attached hydrogens (tertiary/aromatic N) is 5. The third kappa shape index (κ3) is 7.60. The molecule has 3 rings (SSSR count). The van der Waals surface area contributed by atoms with Gasteiger partial charge in [-0.3, -0.25) is 14.6 Å². The van der Waals surface area contributed by atoms with Crippen molar-refractivity contribution in [3.8, 4) is 0 Å². The zero-order chi connectivity index (χ0) is 21.4. The molecule has 0 unspecified atom stereocenters. The summed E-state index contributed by atoms with van der Waals surface area (Å²) in [7, 11) is 2.25. The molecule has 2 fully saturated rings. The molecule has 31 heavy (non-hydrogen) atoms. The summed E-state index contributed by atoms with van der Waals surface area (Å²) >= 11 is 0. The summed E-state index contributed by atoms with van der Waals surface area (Å²) in [5.41, 5.74) is 2.56. The van der Waals surface area contributed by atoms with Crippen LogP contribution in [0.1, 0.15) is 56.8 Å². The van der Waals surface area contributed by atoms with Gasteiger partial charge in [0, 0.05) is 30.9 Å². The van der Waals surface area contributed by atoms with E-state index in [0.717, 1.165) is 44.3 Å². The molecule has 0 bridgehead atoms. The molecule has 3 heterocycles. The number of aliphatic imine (C=N–C) groups is 1. The van der Waals surface area contributed by atoms with Crippen LogP contribution in [0.5, 0.6) is 0 Å². The van der Waals surface area contributed by atoms with Crippen molar-refractivity contribution in [1.29, 1.82) is 0 Å². The first-order chi connectivity index (χ1) is 14.5. The van der Waals surface area contributed by atoms with Crippen LogP contribution < -0.4 is 10.6 Å². The van der Waals surface area contributed by atoms with Crippen LogP contribution in [0.2, 0.25) is 0 Å². The number of aromatic nitrogens is 2. The van der Waals surface area contributed by atoms with Gasteiger partial charge in [-0.05, 0) is 92.2 Å². The number of guanidine groups is 1. The summed E-state index contributed by atoms with van der Waals surface area (Å²) in [4.78, 5) is 10.3. The van der Waals surface area contributed by atoms with E-state index in [1.54, 1.807) is 0 Å². The fourth-order valence-corrected chi connectivity index (χ4v) is 4.88. The Hall–Kier alpha value is -0.870. The molecule has 2 saturated heterocycles. The molecule has 2 N–H and O–H groups in total. The van der Waals surface area contributed by atoms with E-state index in [1.165, 1.54) is 64.0 Å². The summed E-state index contributed by atoms with van der Waals surface area (Å²) in [6, 6.07) is 2.14. The lowest BCUT2D eigenvalue weighted by Crippen LogP contribution is -2.58. The van der Waals surface area contributed by atoms with Gasteiger partial charge in [0.05, 0.1) is 12.2 Å². The Bertz CT molecular complexity index is 673. The van der Waals surface area contributed by atoms with Crippen molar-refractivity contribution in [3.05, 3.63) is 17.5 Å². The van der Waals surface area contributed by atoms with Gasteiger partial charge in [0.15, 0.2) is 5.96 Å². The summed E-state index contributed by atoms with van der Waals surface area (Å²) in [5.74, 6) is 0.959. The Labute approximate surface area is 206 Å². The molecule has 0 spiro atoms. The monoisotopic (exact) mass is 545 g/mol. The molecule has 0 amide bonds. The average molecular weight is 546 g/mol. The van der Waals surface area contributed by atoms with Gasteiger partial charge in [-0.25, -0.2) is 0 Å². The van der Waals surface area contributed by atoms with Gasteiger partial charge in [0.2, 0.25) is 0 Å². The minimum atomic E-state index is 0. The van der Waals surface area contributed by atoms with Crippen molar-refractivity contribution >= 4 is 29.9 Å². The second-order valence-electron chi connectivity index (χ2n) is 9.20. The minimum absolute atomic E-state index is 0. The Morgan fingerprint density at radius 1 is 1.10 bits per heavy atom. The number of nitrogens with one attached hydrogen (secondary N) is 2. The predicted molar refractivity (Wildman–Crippen MR) is 141 cm³/mol. The number of rotatable bonds is 8. The first kappa shape index (κ1) is 26.4. The maximum atomic E-state index is 5.09. The lowest BCUT2D eigenvalue weighted by molar-refractivity contribution is 0.0208. The number of hydrogen-bond acceptors (Lipinski definition) is 4. The van der Waals surface area contributed by atoms with Crippen molar-refractivity contribution in [2.45, 2.75) is 71.4 Å². The molecule has 0 atom stereocenters. The summed E-state index contributed by atoms with van der Waals surface area (Å²) in [6.07, 6.45) is 7.55. The Morgan fingerprint density at radius 3 is 2.42 bits per heavy atom. The van der Waals surface area contributed by atoms with Crippen LogP contribution in [0.15, 0.2) is 11.1 Å². The first-order valence-corrected chi connectivity index (χ1v) is 12.0. The van der Waals surface area contributed by atoms with Crippen LogP contribution in [-0.4, -0.2) is 83.9 Å². The van der Waals surface area contributed by atoms with Crippen LogP contribution in [0.3, 0.4) is 0 Å². The maximum absolute atomic E-state index is 5.09. The summed E-state index contributed by atoms with van der Waals surface area (Å²) in [5, 5.41) is 11.6. The minimum Gasteiger partial charge on any atom is -0.357 e. The van der Waals surface area contributed by atoms with E-state index in [-0.39, 0.29) is 29.5 Å². The molecule has 0 aliphatic carbocycles. The van der Waals surface area contributed by atoms with Gasteiger partial charge in [0.25, 0.3) is 0 Å². The van der Waals surface area contributed by atoms with Gasteiger partial charge in [0.1, 0.15) is 0 Å². The standard InChI is InChI=1S/C23H43N7.HI/c1-5-24-22(25-12-9-15-30-21(3)18-20(2)27-30)26-19-23(10-16-28(4)17-11-23)29-13-7-6-8-14-29;/h18H,5-17,19H2,1-4H3,(H2,24,25,26);1H. The number of aryl methyl sites for hydroxylation is 3. The second kappa shape index (κ2) is 13.0. The number of hydrogen-bond donors (Lipinski definition) is 2. The van der Waals surface area contributed by atoms with Crippen LogP contribution >= 0.6 is 24.0 Å². The molecule has 0 saturated carbocycles. The molecule has 7 nitrogen and oxygen atoms in total. The van der Waals surface area contributed by atoms with E-state index in [2.05, 4.69) is 64.1 Å². The van der Waals surface area contributed by atoms with Crippen molar-refractivity contribution < 1.29 is 0 Å².